The Labute approximate surface area is 222 Å². The van der Waals surface area contributed by atoms with Gasteiger partial charge >= 0.3 is 6.03 Å². The number of para-hydroxylation sites is 1. The first kappa shape index (κ1) is 24.6. The molecule has 0 bridgehead atoms. The van der Waals surface area contributed by atoms with Crippen LogP contribution in [0.15, 0.2) is 77.2 Å². The highest BCUT2D eigenvalue weighted by atomic mass is 35.5. The number of imide groups is 1. The standard InChI is InChI=1S/C28H22Cl2N4O3/c1-16-6-5-8-18(12-16)15-33-27(36)23(31-28(33)37)14-21-25(20-11-10-19(29)13-22(20)30)32-34(26(21)35)24-9-4-3-7-17(24)2/h3-14,32H,15H2,1-2H3,(H,31,37)/b23-14-. The van der Waals surface area contributed by atoms with E-state index in [1.165, 1.54) is 10.8 Å². The van der Waals surface area contributed by atoms with E-state index in [9.17, 15) is 14.4 Å². The second-order valence-electron chi connectivity index (χ2n) is 8.82. The molecule has 0 saturated carbocycles. The van der Waals surface area contributed by atoms with Crippen LogP contribution in [-0.4, -0.2) is 26.6 Å². The summed E-state index contributed by atoms with van der Waals surface area (Å²) in [6.07, 6.45) is 1.39. The number of amides is 3. The number of halogens is 2. The van der Waals surface area contributed by atoms with E-state index < -0.39 is 17.5 Å². The van der Waals surface area contributed by atoms with Crippen LogP contribution in [0.25, 0.3) is 23.0 Å². The number of rotatable bonds is 5. The van der Waals surface area contributed by atoms with Gasteiger partial charge in [0.25, 0.3) is 11.5 Å². The first-order chi connectivity index (χ1) is 17.7. The molecule has 186 valence electrons. The molecule has 1 fully saturated rings. The Bertz CT molecular complexity index is 1650. The number of urea groups is 1. The molecule has 4 aromatic rings. The van der Waals surface area contributed by atoms with Gasteiger partial charge in [-0.05, 0) is 55.3 Å². The first-order valence-corrected chi connectivity index (χ1v) is 12.2. The lowest BCUT2D eigenvalue weighted by Crippen LogP contribution is -2.30. The lowest BCUT2D eigenvalue weighted by molar-refractivity contribution is -0.123. The van der Waals surface area contributed by atoms with Crippen LogP contribution >= 0.6 is 23.2 Å². The highest BCUT2D eigenvalue weighted by Crippen LogP contribution is 2.32. The Hall–Kier alpha value is -4.07. The molecular formula is C28H22Cl2N4O3. The third kappa shape index (κ3) is 4.71. The fraction of sp³-hybridized carbons (Fsp3) is 0.107. The highest BCUT2D eigenvalue weighted by Gasteiger charge is 2.34. The molecule has 0 unspecified atom stereocenters. The summed E-state index contributed by atoms with van der Waals surface area (Å²) in [5.41, 5.74) is 4.04. The molecule has 9 heteroatoms. The van der Waals surface area contributed by atoms with Gasteiger partial charge in [-0.1, -0.05) is 71.2 Å². The van der Waals surface area contributed by atoms with Crippen molar-refractivity contribution in [2.24, 2.45) is 0 Å². The number of aryl methyl sites for hydroxylation is 2. The summed E-state index contributed by atoms with van der Waals surface area (Å²) in [6.45, 7) is 3.94. The predicted octanol–water partition coefficient (Wildman–Crippen LogP) is 5.85. The van der Waals surface area contributed by atoms with Crippen molar-refractivity contribution < 1.29 is 9.59 Å². The van der Waals surface area contributed by atoms with Gasteiger partial charge in [-0.25, -0.2) is 9.48 Å². The van der Waals surface area contributed by atoms with E-state index in [4.69, 9.17) is 23.2 Å². The normalized spacial score (nSPS) is 14.5. The summed E-state index contributed by atoms with van der Waals surface area (Å²) < 4.78 is 1.40. The van der Waals surface area contributed by atoms with Gasteiger partial charge in [0.1, 0.15) is 5.70 Å². The van der Waals surface area contributed by atoms with Gasteiger partial charge in [0, 0.05) is 10.6 Å². The van der Waals surface area contributed by atoms with E-state index >= 15 is 0 Å². The van der Waals surface area contributed by atoms with Gasteiger partial charge in [0.05, 0.1) is 28.5 Å². The average molecular weight is 533 g/mol. The molecule has 3 aromatic carbocycles. The maximum Gasteiger partial charge on any atom is 0.329 e. The number of carbonyl (C=O) groups excluding carboxylic acids is 2. The number of aromatic amines is 1. The minimum Gasteiger partial charge on any atom is -0.303 e. The molecular weight excluding hydrogens is 511 g/mol. The van der Waals surface area contributed by atoms with E-state index in [2.05, 4.69) is 10.4 Å². The lowest BCUT2D eigenvalue weighted by Gasteiger charge is -2.12. The maximum atomic E-state index is 13.7. The quantitative estimate of drug-likeness (QED) is 0.249. The summed E-state index contributed by atoms with van der Waals surface area (Å²) in [4.78, 5) is 40.7. The zero-order chi connectivity index (χ0) is 26.3. The number of nitrogens with zero attached hydrogens (tertiary/aromatic N) is 2. The number of nitrogens with one attached hydrogen (secondary N) is 2. The number of hydrogen-bond acceptors (Lipinski definition) is 3. The van der Waals surface area contributed by atoms with E-state index in [0.717, 1.165) is 21.6 Å². The van der Waals surface area contributed by atoms with Crippen LogP contribution in [0.1, 0.15) is 22.3 Å². The van der Waals surface area contributed by atoms with Crippen molar-refractivity contribution in [3.63, 3.8) is 0 Å². The van der Waals surface area contributed by atoms with E-state index in [1.54, 1.807) is 18.2 Å². The zero-order valence-corrected chi connectivity index (χ0v) is 21.5. The van der Waals surface area contributed by atoms with Crippen LogP contribution in [0.2, 0.25) is 10.0 Å². The number of aromatic nitrogens is 2. The zero-order valence-electron chi connectivity index (χ0n) is 20.0. The average Bonchev–Trinajstić information content (AvgIpc) is 3.30. The Balaban J connectivity index is 1.62. The minimum absolute atomic E-state index is 0.00276. The smallest absolute Gasteiger partial charge is 0.303 e. The molecule has 0 spiro atoms. The first-order valence-electron chi connectivity index (χ1n) is 11.5. The SMILES string of the molecule is Cc1cccc(CN2C(=O)N/C(=C\c3c(-c4ccc(Cl)cc4Cl)[nH]n(-c4ccccc4C)c3=O)C2=O)c1. The van der Waals surface area contributed by atoms with E-state index in [1.807, 2.05) is 62.4 Å². The van der Waals surface area contributed by atoms with Crippen LogP contribution in [0.4, 0.5) is 4.79 Å². The summed E-state index contributed by atoms with van der Waals surface area (Å²) in [6, 6.07) is 19.3. The van der Waals surface area contributed by atoms with Crippen LogP contribution in [0.5, 0.6) is 0 Å². The molecule has 1 saturated heterocycles. The molecule has 1 aliphatic rings. The van der Waals surface area contributed by atoms with Gasteiger partial charge in [-0.15, -0.1) is 0 Å². The molecule has 1 aliphatic heterocycles. The Morgan fingerprint density at radius 3 is 2.43 bits per heavy atom. The molecule has 7 nitrogen and oxygen atoms in total. The predicted molar refractivity (Wildman–Crippen MR) is 145 cm³/mol. The van der Waals surface area contributed by atoms with E-state index in [-0.39, 0.29) is 17.8 Å². The van der Waals surface area contributed by atoms with Crippen LogP contribution in [0.3, 0.4) is 0 Å². The van der Waals surface area contributed by atoms with Crippen molar-refractivity contribution in [3.8, 4) is 16.9 Å². The molecule has 2 heterocycles. The van der Waals surface area contributed by atoms with Crippen molar-refractivity contribution in [3.05, 3.63) is 115 Å². The van der Waals surface area contributed by atoms with Gasteiger partial charge in [0.15, 0.2) is 0 Å². The maximum absolute atomic E-state index is 13.7. The molecule has 3 amide bonds. The van der Waals surface area contributed by atoms with Crippen molar-refractivity contribution in [2.45, 2.75) is 20.4 Å². The fourth-order valence-corrected chi connectivity index (χ4v) is 4.82. The molecule has 5 rings (SSSR count). The van der Waals surface area contributed by atoms with Crippen molar-refractivity contribution >= 4 is 41.2 Å². The lowest BCUT2D eigenvalue weighted by atomic mass is 10.1. The van der Waals surface area contributed by atoms with E-state index in [0.29, 0.717) is 27.0 Å². The number of carbonyl (C=O) groups is 2. The highest BCUT2D eigenvalue weighted by molar-refractivity contribution is 6.36. The van der Waals surface area contributed by atoms with Crippen LogP contribution in [-0.2, 0) is 11.3 Å². The molecule has 0 radical (unpaired) electrons. The second-order valence-corrected chi connectivity index (χ2v) is 9.66. The van der Waals surface area contributed by atoms with Gasteiger partial charge < -0.3 is 5.32 Å². The topological polar surface area (TPSA) is 87.2 Å². The number of H-pyrrole nitrogens is 1. The van der Waals surface area contributed by atoms with Crippen molar-refractivity contribution in [1.29, 1.82) is 0 Å². The summed E-state index contributed by atoms with van der Waals surface area (Å²) >= 11 is 12.6. The molecule has 0 atom stereocenters. The molecule has 2 N–H and O–H groups in total. The van der Waals surface area contributed by atoms with Gasteiger partial charge in [-0.2, -0.15) is 0 Å². The van der Waals surface area contributed by atoms with Crippen LogP contribution in [0, 0.1) is 13.8 Å². The van der Waals surface area contributed by atoms with Gasteiger partial charge in [0.2, 0.25) is 0 Å². The van der Waals surface area contributed by atoms with Crippen LogP contribution < -0.4 is 10.9 Å². The van der Waals surface area contributed by atoms with Gasteiger partial charge in [-0.3, -0.25) is 19.6 Å². The largest absolute Gasteiger partial charge is 0.329 e. The summed E-state index contributed by atoms with van der Waals surface area (Å²) in [5, 5.41) is 6.52. The second kappa shape index (κ2) is 9.76. The Morgan fingerprint density at radius 2 is 1.70 bits per heavy atom. The summed E-state index contributed by atoms with van der Waals surface area (Å²) in [7, 11) is 0. The summed E-state index contributed by atoms with van der Waals surface area (Å²) in [5.74, 6) is -0.525. The molecule has 0 aliphatic carbocycles. The molecule has 37 heavy (non-hydrogen) atoms. The van der Waals surface area contributed by atoms with Crippen molar-refractivity contribution in [2.75, 3.05) is 0 Å². The molecule has 1 aromatic heterocycles. The number of benzene rings is 3. The monoisotopic (exact) mass is 532 g/mol. The number of hydrogen-bond donors (Lipinski definition) is 2. The third-order valence-electron chi connectivity index (χ3n) is 6.16. The third-order valence-corrected chi connectivity index (χ3v) is 6.71. The minimum atomic E-state index is -0.557. The van der Waals surface area contributed by atoms with Crippen molar-refractivity contribution in [1.82, 2.24) is 20.0 Å². The Kier molecular flexibility index (Phi) is 6.50. The fourth-order valence-electron chi connectivity index (χ4n) is 4.32. The Morgan fingerprint density at radius 1 is 0.919 bits per heavy atom.